The Balaban J connectivity index is 2.46. The van der Waals surface area contributed by atoms with E-state index in [1.54, 1.807) is 19.3 Å². The highest BCUT2D eigenvalue weighted by Crippen LogP contribution is 2.28. The van der Waals surface area contributed by atoms with Gasteiger partial charge in [-0.15, -0.1) is 0 Å². The highest BCUT2D eigenvalue weighted by molar-refractivity contribution is 5.59. The summed E-state index contributed by atoms with van der Waals surface area (Å²) < 4.78 is 1.53. The summed E-state index contributed by atoms with van der Waals surface area (Å²) in [5, 5.41) is 13.7. The van der Waals surface area contributed by atoms with Gasteiger partial charge in [-0.3, -0.25) is 14.9 Å². The van der Waals surface area contributed by atoms with Crippen LogP contribution in [0.25, 0.3) is 0 Å². The van der Waals surface area contributed by atoms with Crippen LogP contribution in [0.4, 0.5) is 11.4 Å². The number of rotatable bonds is 3. The minimum absolute atomic E-state index is 0.107. The Kier molecular flexibility index (Phi) is 3.64. The Labute approximate surface area is 105 Å². The molecule has 6 heteroatoms. The number of nitrogens with zero attached hydrogens (tertiary/aromatic N) is 2. The van der Waals surface area contributed by atoms with Crippen LogP contribution in [0.1, 0.15) is 38.1 Å². The lowest BCUT2D eigenvalue weighted by Gasteiger charge is -2.23. The molecule has 0 radical (unpaired) electrons. The molecular weight excluding hydrogens is 234 g/mol. The SMILES string of the molecule is CNc1ccn(C2CCCCC2)c(=O)c1[N+](=O)[O-]. The van der Waals surface area contributed by atoms with E-state index in [2.05, 4.69) is 5.32 Å². The average Bonchev–Trinajstić information content (AvgIpc) is 2.38. The molecule has 1 aliphatic rings. The summed E-state index contributed by atoms with van der Waals surface area (Å²) in [4.78, 5) is 22.6. The number of pyridine rings is 1. The molecule has 0 amide bonds. The van der Waals surface area contributed by atoms with E-state index in [1.807, 2.05) is 0 Å². The lowest BCUT2D eigenvalue weighted by molar-refractivity contribution is -0.385. The number of nitro groups is 1. The largest absolute Gasteiger partial charge is 0.382 e. The summed E-state index contributed by atoms with van der Waals surface area (Å²) >= 11 is 0. The molecule has 98 valence electrons. The molecule has 1 aliphatic carbocycles. The Morgan fingerprint density at radius 2 is 2.06 bits per heavy atom. The van der Waals surface area contributed by atoms with Crippen LogP contribution in [-0.4, -0.2) is 16.5 Å². The van der Waals surface area contributed by atoms with E-state index in [0.717, 1.165) is 25.7 Å². The molecule has 1 N–H and O–H groups in total. The lowest BCUT2D eigenvalue weighted by atomic mass is 9.95. The van der Waals surface area contributed by atoms with Gasteiger partial charge in [0.1, 0.15) is 5.69 Å². The molecule has 1 fully saturated rings. The van der Waals surface area contributed by atoms with Crippen LogP contribution in [0.3, 0.4) is 0 Å². The van der Waals surface area contributed by atoms with Crippen molar-refractivity contribution >= 4 is 11.4 Å². The molecule has 1 aromatic rings. The van der Waals surface area contributed by atoms with Crippen molar-refractivity contribution in [2.75, 3.05) is 12.4 Å². The summed E-state index contributed by atoms with van der Waals surface area (Å²) in [7, 11) is 1.58. The maximum absolute atomic E-state index is 12.2. The molecule has 0 aromatic carbocycles. The topological polar surface area (TPSA) is 77.2 Å². The normalized spacial score (nSPS) is 16.5. The lowest BCUT2D eigenvalue weighted by Crippen LogP contribution is -2.28. The predicted octanol–water partition coefficient (Wildman–Crippen LogP) is 2.30. The summed E-state index contributed by atoms with van der Waals surface area (Å²) in [5.41, 5.74) is -0.582. The van der Waals surface area contributed by atoms with Gasteiger partial charge >= 0.3 is 11.2 Å². The van der Waals surface area contributed by atoms with Crippen molar-refractivity contribution in [1.82, 2.24) is 4.57 Å². The Hall–Kier alpha value is -1.85. The molecule has 6 nitrogen and oxygen atoms in total. The van der Waals surface area contributed by atoms with Gasteiger partial charge in [0, 0.05) is 19.3 Å². The van der Waals surface area contributed by atoms with Gasteiger partial charge in [0.15, 0.2) is 0 Å². The minimum Gasteiger partial charge on any atom is -0.382 e. The average molecular weight is 251 g/mol. The van der Waals surface area contributed by atoms with Crippen LogP contribution >= 0.6 is 0 Å². The zero-order valence-corrected chi connectivity index (χ0v) is 10.4. The van der Waals surface area contributed by atoms with Crippen molar-refractivity contribution < 1.29 is 4.92 Å². The van der Waals surface area contributed by atoms with Crippen molar-refractivity contribution in [2.24, 2.45) is 0 Å². The van der Waals surface area contributed by atoms with Crippen LogP contribution in [0.2, 0.25) is 0 Å². The van der Waals surface area contributed by atoms with E-state index < -0.39 is 10.5 Å². The van der Waals surface area contributed by atoms with Gasteiger partial charge in [-0.1, -0.05) is 19.3 Å². The number of nitrogens with one attached hydrogen (secondary N) is 1. The van der Waals surface area contributed by atoms with Gasteiger partial charge in [0.2, 0.25) is 0 Å². The molecule has 1 aromatic heterocycles. The van der Waals surface area contributed by atoms with E-state index in [0.29, 0.717) is 0 Å². The van der Waals surface area contributed by atoms with Crippen LogP contribution in [0, 0.1) is 10.1 Å². The summed E-state index contributed by atoms with van der Waals surface area (Å²) in [6.45, 7) is 0. The minimum atomic E-state index is -0.604. The molecular formula is C12H17N3O3. The molecule has 2 rings (SSSR count). The van der Waals surface area contributed by atoms with Crippen LogP contribution in [0.5, 0.6) is 0 Å². The standard InChI is InChI=1S/C12H17N3O3/c1-13-10-7-8-14(9-5-3-2-4-6-9)12(16)11(10)15(17)18/h7-9,13H,2-6H2,1H3. The first-order valence-electron chi connectivity index (χ1n) is 6.22. The first-order chi connectivity index (χ1) is 8.65. The Morgan fingerprint density at radius 3 is 2.61 bits per heavy atom. The van der Waals surface area contributed by atoms with Gasteiger partial charge in [0.05, 0.1) is 4.92 Å². The first kappa shape index (κ1) is 12.6. The number of hydrogen-bond acceptors (Lipinski definition) is 4. The number of hydrogen-bond donors (Lipinski definition) is 1. The molecule has 0 aliphatic heterocycles. The van der Waals surface area contributed by atoms with E-state index >= 15 is 0 Å². The van der Waals surface area contributed by atoms with E-state index in [1.165, 1.54) is 11.0 Å². The molecule has 0 atom stereocenters. The van der Waals surface area contributed by atoms with Crippen LogP contribution in [0.15, 0.2) is 17.1 Å². The second-order valence-electron chi connectivity index (χ2n) is 4.59. The highest BCUT2D eigenvalue weighted by atomic mass is 16.6. The predicted molar refractivity (Wildman–Crippen MR) is 69.0 cm³/mol. The molecule has 18 heavy (non-hydrogen) atoms. The molecule has 1 heterocycles. The zero-order chi connectivity index (χ0) is 13.1. The third-order valence-electron chi connectivity index (χ3n) is 3.51. The zero-order valence-electron chi connectivity index (χ0n) is 10.4. The van der Waals surface area contributed by atoms with Crippen molar-refractivity contribution in [3.05, 3.63) is 32.7 Å². The number of anilines is 1. The van der Waals surface area contributed by atoms with Crippen molar-refractivity contribution in [1.29, 1.82) is 0 Å². The van der Waals surface area contributed by atoms with Crippen molar-refractivity contribution in [3.8, 4) is 0 Å². The third kappa shape index (κ3) is 2.23. The molecule has 0 bridgehead atoms. The third-order valence-corrected chi connectivity index (χ3v) is 3.51. The molecule has 0 spiro atoms. The van der Waals surface area contributed by atoms with Crippen molar-refractivity contribution in [3.63, 3.8) is 0 Å². The van der Waals surface area contributed by atoms with E-state index in [-0.39, 0.29) is 17.4 Å². The summed E-state index contributed by atoms with van der Waals surface area (Å²) in [5.74, 6) is 0. The Bertz CT molecular complexity index is 504. The molecule has 1 saturated carbocycles. The van der Waals surface area contributed by atoms with Crippen molar-refractivity contribution in [2.45, 2.75) is 38.1 Å². The smallest absolute Gasteiger partial charge is 0.356 e. The second kappa shape index (κ2) is 5.20. The monoisotopic (exact) mass is 251 g/mol. The molecule has 0 saturated heterocycles. The summed E-state index contributed by atoms with van der Waals surface area (Å²) in [6, 6.07) is 1.71. The first-order valence-corrected chi connectivity index (χ1v) is 6.22. The fourth-order valence-electron chi connectivity index (χ4n) is 2.56. The maximum Gasteiger partial charge on any atom is 0.356 e. The maximum atomic E-state index is 12.2. The number of aromatic nitrogens is 1. The molecule has 0 unspecified atom stereocenters. The highest BCUT2D eigenvalue weighted by Gasteiger charge is 2.24. The quantitative estimate of drug-likeness (QED) is 0.660. The van der Waals surface area contributed by atoms with Gasteiger partial charge in [-0.2, -0.15) is 0 Å². The van der Waals surface area contributed by atoms with Gasteiger partial charge < -0.3 is 9.88 Å². The van der Waals surface area contributed by atoms with E-state index in [4.69, 9.17) is 0 Å². The fraction of sp³-hybridized carbons (Fsp3) is 0.583. The van der Waals surface area contributed by atoms with Crippen LogP contribution < -0.4 is 10.9 Å². The fourth-order valence-corrected chi connectivity index (χ4v) is 2.56. The second-order valence-corrected chi connectivity index (χ2v) is 4.59. The Morgan fingerprint density at radius 1 is 1.39 bits per heavy atom. The van der Waals surface area contributed by atoms with Gasteiger partial charge in [0.25, 0.3) is 0 Å². The van der Waals surface area contributed by atoms with Gasteiger partial charge in [-0.25, -0.2) is 0 Å². The summed E-state index contributed by atoms with van der Waals surface area (Å²) in [6.07, 6.45) is 6.86. The van der Waals surface area contributed by atoms with Crippen LogP contribution in [-0.2, 0) is 0 Å². The van der Waals surface area contributed by atoms with Gasteiger partial charge in [-0.05, 0) is 18.9 Å². The van der Waals surface area contributed by atoms with E-state index in [9.17, 15) is 14.9 Å².